The second-order valence-corrected chi connectivity index (χ2v) is 8.65. The van der Waals surface area contributed by atoms with Crippen molar-refractivity contribution in [1.29, 1.82) is 0 Å². The zero-order chi connectivity index (χ0) is 24.5. The Morgan fingerprint density at radius 2 is 1.63 bits per heavy atom. The first-order valence-electron chi connectivity index (χ1n) is 12.2. The van der Waals surface area contributed by atoms with Crippen molar-refractivity contribution in [3.63, 3.8) is 0 Å². The molecule has 1 N–H and O–H groups in total. The van der Waals surface area contributed by atoms with E-state index in [1.54, 1.807) is 0 Å². The van der Waals surface area contributed by atoms with Crippen molar-refractivity contribution in [3.05, 3.63) is 89.7 Å². The maximum atomic E-state index is 12.1. The number of carbonyl (C=O) groups is 1. The van der Waals surface area contributed by atoms with Crippen LogP contribution in [0.2, 0.25) is 0 Å². The molecule has 4 rings (SSSR count). The van der Waals surface area contributed by atoms with E-state index in [2.05, 4.69) is 48.0 Å². The molecule has 0 atom stereocenters. The van der Waals surface area contributed by atoms with Crippen LogP contribution in [-0.4, -0.2) is 35.2 Å². The summed E-state index contributed by atoms with van der Waals surface area (Å²) in [4.78, 5) is 17.0. The quantitative estimate of drug-likeness (QED) is 0.287. The largest absolute Gasteiger partial charge is 0.493 e. The standard InChI is InChI=1S/C29H33N3O3/c1-22-11-8-12-23(2)29(22)34-20-10-19-32-26-16-7-6-15-25(26)31-27(32)17-9-18-30-28(33)21-35-24-13-4-3-5-14-24/h3-8,11-16H,9-10,17-21H2,1-2H3,(H,30,33). The van der Waals surface area contributed by atoms with Gasteiger partial charge >= 0.3 is 0 Å². The molecule has 0 aliphatic rings. The van der Waals surface area contributed by atoms with Crippen molar-refractivity contribution in [3.8, 4) is 11.5 Å². The van der Waals surface area contributed by atoms with Crippen LogP contribution in [0.5, 0.6) is 11.5 Å². The molecule has 0 aliphatic heterocycles. The van der Waals surface area contributed by atoms with Crippen LogP contribution in [0.1, 0.15) is 29.8 Å². The highest BCUT2D eigenvalue weighted by Gasteiger charge is 2.11. The van der Waals surface area contributed by atoms with Gasteiger partial charge in [-0.1, -0.05) is 48.5 Å². The Kier molecular flexibility index (Phi) is 8.39. The Morgan fingerprint density at radius 3 is 2.43 bits per heavy atom. The van der Waals surface area contributed by atoms with E-state index >= 15 is 0 Å². The van der Waals surface area contributed by atoms with Crippen molar-refractivity contribution in [1.82, 2.24) is 14.9 Å². The molecule has 0 saturated heterocycles. The number of fused-ring (bicyclic) bond motifs is 1. The van der Waals surface area contributed by atoms with Crippen molar-refractivity contribution >= 4 is 16.9 Å². The van der Waals surface area contributed by atoms with Crippen molar-refractivity contribution in [2.45, 2.75) is 39.7 Å². The summed E-state index contributed by atoms with van der Waals surface area (Å²) in [6.45, 7) is 6.23. The lowest BCUT2D eigenvalue weighted by molar-refractivity contribution is -0.123. The summed E-state index contributed by atoms with van der Waals surface area (Å²) < 4.78 is 13.9. The molecule has 0 fully saturated rings. The molecule has 1 amide bonds. The van der Waals surface area contributed by atoms with Crippen molar-refractivity contribution in [2.75, 3.05) is 19.8 Å². The second kappa shape index (κ2) is 12.1. The van der Waals surface area contributed by atoms with Gasteiger partial charge in [0.15, 0.2) is 6.61 Å². The van der Waals surface area contributed by atoms with Gasteiger partial charge in [0.05, 0.1) is 17.6 Å². The first-order chi connectivity index (χ1) is 17.1. The molecule has 0 spiro atoms. The molecule has 1 heterocycles. The fourth-order valence-corrected chi connectivity index (χ4v) is 4.18. The molecule has 0 aliphatic carbocycles. The van der Waals surface area contributed by atoms with Crippen molar-refractivity contribution < 1.29 is 14.3 Å². The number of rotatable bonds is 12. The van der Waals surface area contributed by atoms with Crippen LogP contribution in [0.25, 0.3) is 11.0 Å². The maximum absolute atomic E-state index is 12.1. The van der Waals surface area contributed by atoms with Gasteiger partial charge in [-0.3, -0.25) is 4.79 Å². The van der Waals surface area contributed by atoms with Gasteiger partial charge in [0.2, 0.25) is 0 Å². The minimum Gasteiger partial charge on any atom is -0.493 e. The minimum atomic E-state index is -0.119. The topological polar surface area (TPSA) is 65.4 Å². The third-order valence-electron chi connectivity index (χ3n) is 5.93. The third kappa shape index (κ3) is 6.63. The SMILES string of the molecule is Cc1cccc(C)c1OCCCn1c(CCCNC(=O)COc2ccccc2)nc2ccccc21. The van der Waals surface area contributed by atoms with Crippen LogP contribution >= 0.6 is 0 Å². The molecule has 0 unspecified atom stereocenters. The highest BCUT2D eigenvalue weighted by Crippen LogP contribution is 2.23. The van der Waals surface area contributed by atoms with Gasteiger partial charge in [-0.05, 0) is 62.1 Å². The monoisotopic (exact) mass is 471 g/mol. The Hall–Kier alpha value is -3.80. The van der Waals surface area contributed by atoms with Crippen LogP contribution in [-0.2, 0) is 17.8 Å². The summed E-state index contributed by atoms with van der Waals surface area (Å²) in [5.74, 6) is 2.59. The van der Waals surface area contributed by atoms with E-state index in [1.807, 2.05) is 48.5 Å². The van der Waals surface area contributed by atoms with Crippen LogP contribution in [0, 0.1) is 13.8 Å². The Bertz CT molecular complexity index is 1230. The normalized spacial score (nSPS) is 10.9. The third-order valence-corrected chi connectivity index (χ3v) is 5.93. The van der Waals surface area contributed by atoms with Crippen LogP contribution < -0.4 is 14.8 Å². The number of ether oxygens (including phenoxy) is 2. The number of hydrogen-bond acceptors (Lipinski definition) is 4. The summed E-state index contributed by atoms with van der Waals surface area (Å²) in [5, 5.41) is 2.94. The van der Waals surface area contributed by atoms with Gasteiger partial charge in [-0.2, -0.15) is 0 Å². The van der Waals surface area contributed by atoms with Crippen LogP contribution in [0.3, 0.4) is 0 Å². The molecule has 182 valence electrons. The average molecular weight is 472 g/mol. The lowest BCUT2D eigenvalue weighted by Crippen LogP contribution is -2.30. The summed E-state index contributed by atoms with van der Waals surface area (Å²) in [5.41, 5.74) is 4.46. The number of benzene rings is 3. The molecule has 3 aromatic carbocycles. The number of imidazole rings is 1. The van der Waals surface area contributed by atoms with Gasteiger partial charge in [0.1, 0.15) is 17.3 Å². The number of aryl methyl sites for hydroxylation is 4. The lowest BCUT2D eigenvalue weighted by Gasteiger charge is -2.13. The maximum Gasteiger partial charge on any atom is 0.257 e. The van der Waals surface area contributed by atoms with Crippen LogP contribution in [0.4, 0.5) is 0 Å². The molecular weight excluding hydrogens is 438 g/mol. The highest BCUT2D eigenvalue weighted by atomic mass is 16.5. The van der Waals surface area contributed by atoms with E-state index < -0.39 is 0 Å². The predicted molar refractivity (Wildman–Crippen MR) is 139 cm³/mol. The number of hydrogen-bond donors (Lipinski definition) is 1. The Morgan fingerprint density at radius 1 is 0.886 bits per heavy atom. The van der Waals surface area contributed by atoms with Gasteiger partial charge in [-0.25, -0.2) is 4.98 Å². The number of nitrogens with one attached hydrogen (secondary N) is 1. The number of amides is 1. The molecule has 1 aromatic heterocycles. The Balaban J connectivity index is 1.28. The average Bonchev–Trinajstić information content (AvgIpc) is 3.22. The zero-order valence-electron chi connectivity index (χ0n) is 20.5. The first kappa shape index (κ1) is 24.3. The number of para-hydroxylation sites is 4. The van der Waals surface area contributed by atoms with Gasteiger partial charge in [-0.15, -0.1) is 0 Å². The second-order valence-electron chi connectivity index (χ2n) is 8.65. The zero-order valence-corrected chi connectivity index (χ0v) is 20.5. The van der Waals surface area contributed by atoms with E-state index in [0.29, 0.717) is 18.9 Å². The Labute approximate surface area is 206 Å². The van der Waals surface area contributed by atoms with Gasteiger partial charge in [0.25, 0.3) is 5.91 Å². The van der Waals surface area contributed by atoms with E-state index in [-0.39, 0.29) is 12.5 Å². The van der Waals surface area contributed by atoms with Gasteiger partial charge < -0.3 is 19.4 Å². The van der Waals surface area contributed by atoms with E-state index in [0.717, 1.165) is 59.5 Å². The summed E-state index contributed by atoms with van der Waals surface area (Å²) in [6.07, 6.45) is 2.47. The fraction of sp³-hybridized carbons (Fsp3) is 0.310. The molecule has 0 saturated carbocycles. The summed E-state index contributed by atoms with van der Waals surface area (Å²) in [6, 6.07) is 23.8. The number of aromatic nitrogens is 2. The molecule has 0 radical (unpaired) electrons. The summed E-state index contributed by atoms with van der Waals surface area (Å²) in [7, 11) is 0. The van der Waals surface area contributed by atoms with E-state index in [1.165, 1.54) is 0 Å². The number of carbonyl (C=O) groups excluding carboxylic acids is 1. The smallest absolute Gasteiger partial charge is 0.257 e. The summed E-state index contributed by atoms with van der Waals surface area (Å²) >= 11 is 0. The van der Waals surface area contributed by atoms with Crippen LogP contribution in [0.15, 0.2) is 72.8 Å². The molecule has 6 heteroatoms. The number of nitrogens with zero attached hydrogens (tertiary/aromatic N) is 2. The van der Waals surface area contributed by atoms with E-state index in [4.69, 9.17) is 14.5 Å². The highest BCUT2D eigenvalue weighted by molar-refractivity contribution is 5.77. The molecular formula is C29H33N3O3. The van der Waals surface area contributed by atoms with E-state index in [9.17, 15) is 4.79 Å². The lowest BCUT2D eigenvalue weighted by atomic mass is 10.1. The molecule has 35 heavy (non-hydrogen) atoms. The molecule has 4 aromatic rings. The fourth-order valence-electron chi connectivity index (χ4n) is 4.18. The first-order valence-corrected chi connectivity index (χ1v) is 12.2. The predicted octanol–water partition coefficient (Wildman–Crippen LogP) is 5.25. The van der Waals surface area contributed by atoms with Crippen molar-refractivity contribution in [2.24, 2.45) is 0 Å². The molecule has 6 nitrogen and oxygen atoms in total. The molecule has 0 bridgehead atoms. The van der Waals surface area contributed by atoms with Gasteiger partial charge in [0, 0.05) is 19.5 Å². The minimum absolute atomic E-state index is 0.0168.